The second-order valence-electron chi connectivity index (χ2n) is 7.86. The Kier molecular flexibility index (Phi) is 3.96. The highest BCUT2D eigenvalue weighted by molar-refractivity contribution is 5.58. The molecule has 0 aliphatic heterocycles. The molecule has 0 saturated heterocycles. The van der Waals surface area contributed by atoms with E-state index in [2.05, 4.69) is 52.5 Å². The summed E-state index contributed by atoms with van der Waals surface area (Å²) in [6.07, 6.45) is 10.8. The topological polar surface area (TPSA) is 23.8 Å². The van der Waals surface area contributed by atoms with Crippen molar-refractivity contribution < 1.29 is 0 Å². The van der Waals surface area contributed by atoms with Gasteiger partial charge in [0.1, 0.15) is 0 Å². The normalized spacial score (nSPS) is 29.7. The fraction of sp³-hybridized carbons (Fsp3) is 0.500. The van der Waals surface area contributed by atoms with Gasteiger partial charge in [0.15, 0.2) is 0 Å². The van der Waals surface area contributed by atoms with E-state index < -0.39 is 0 Å². The molecular weight excluding hydrogens is 278 g/mol. The Morgan fingerprint density at radius 2 is 1.96 bits per heavy atom. The average Bonchev–Trinajstić information content (AvgIpc) is 2.86. The maximum absolute atomic E-state index is 9.90. The molecule has 0 amide bonds. The number of hydrogen-bond donors (Lipinski definition) is 0. The van der Waals surface area contributed by atoms with Crippen molar-refractivity contribution in [1.29, 1.82) is 5.26 Å². The van der Waals surface area contributed by atoms with Crippen molar-refractivity contribution in [3.63, 3.8) is 0 Å². The van der Waals surface area contributed by atoms with Crippen LogP contribution in [0.25, 0.3) is 0 Å². The minimum absolute atomic E-state index is 0.0887. The highest BCUT2D eigenvalue weighted by Crippen LogP contribution is 2.55. The molecule has 0 N–H and O–H groups in total. The van der Waals surface area contributed by atoms with E-state index in [-0.39, 0.29) is 11.3 Å². The van der Waals surface area contributed by atoms with Crippen LogP contribution in [0, 0.1) is 28.6 Å². The summed E-state index contributed by atoms with van der Waals surface area (Å²) in [6.45, 7) is 13.2. The van der Waals surface area contributed by atoms with Crippen LogP contribution < -0.4 is 0 Å². The molecule has 2 bridgehead atoms. The fourth-order valence-electron chi connectivity index (χ4n) is 5.17. The van der Waals surface area contributed by atoms with Gasteiger partial charge in [0.2, 0.25) is 0 Å². The van der Waals surface area contributed by atoms with Gasteiger partial charge in [-0.25, -0.2) is 0 Å². The first kappa shape index (κ1) is 16.1. The SMILES string of the molecule is C=CC1=C(/C=C\C)C2C(C#N)=C3CCC(=C2C(C)CC1(C)C)C3. The predicted molar refractivity (Wildman–Crippen MR) is 96.6 cm³/mol. The van der Waals surface area contributed by atoms with Crippen molar-refractivity contribution in [2.24, 2.45) is 17.3 Å². The molecule has 3 rings (SSSR count). The quantitative estimate of drug-likeness (QED) is 0.570. The summed E-state index contributed by atoms with van der Waals surface area (Å²) in [6, 6.07) is 2.58. The maximum atomic E-state index is 9.90. The average molecular weight is 305 g/mol. The monoisotopic (exact) mass is 305 g/mol. The molecule has 2 atom stereocenters. The lowest BCUT2D eigenvalue weighted by molar-refractivity contribution is 0.364. The molecule has 1 nitrogen and oxygen atoms in total. The Balaban J connectivity index is 2.35. The maximum Gasteiger partial charge on any atom is 0.0956 e. The van der Waals surface area contributed by atoms with Gasteiger partial charge in [-0.1, -0.05) is 62.3 Å². The highest BCUT2D eigenvalue weighted by Gasteiger charge is 2.42. The molecule has 23 heavy (non-hydrogen) atoms. The van der Waals surface area contributed by atoms with Gasteiger partial charge in [0, 0.05) is 11.5 Å². The van der Waals surface area contributed by atoms with Gasteiger partial charge in [-0.3, -0.25) is 0 Å². The summed E-state index contributed by atoms with van der Waals surface area (Å²) >= 11 is 0. The van der Waals surface area contributed by atoms with Crippen LogP contribution >= 0.6 is 0 Å². The van der Waals surface area contributed by atoms with Crippen LogP contribution in [-0.2, 0) is 0 Å². The van der Waals surface area contributed by atoms with E-state index in [1.54, 1.807) is 11.1 Å². The van der Waals surface area contributed by atoms with Crippen molar-refractivity contribution in [2.75, 3.05) is 0 Å². The van der Waals surface area contributed by atoms with E-state index in [0.29, 0.717) is 5.92 Å². The van der Waals surface area contributed by atoms with Crippen LogP contribution in [0.3, 0.4) is 0 Å². The first-order chi connectivity index (χ1) is 10.9. The third-order valence-corrected chi connectivity index (χ3v) is 5.91. The Labute approximate surface area is 140 Å². The smallest absolute Gasteiger partial charge is 0.0956 e. The summed E-state index contributed by atoms with van der Waals surface area (Å²) in [5.74, 6) is 0.688. The van der Waals surface area contributed by atoms with Crippen LogP contribution in [0.15, 0.2) is 58.2 Å². The Hall–Kier alpha value is -1.81. The minimum atomic E-state index is 0.0887. The van der Waals surface area contributed by atoms with Gasteiger partial charge in [0.25, 0.3) is 0 Å². The van der Waals surface area contributed by atoms with E-state index in [1.165, 1.54) is 16.7 Å². The molecule has 120 valence electrons. The van der Waals surface area contributed by atoms with Gasteiger partial charge in [-0.2, -0.15) is 5.26 Å². The van der Waals surface area contributed by atoms with Gasteiger partial charge in [0.05, 0.1) is 6.07 Å². The Morgan fingerprint density at radius 1 is 1.26 bits per heavy atom. The number of nitriles is 1. The lowest BCUT2D eigenvalue weighted by Gasteiger charge is -2.30. The predicted octanol–water partition coefficient (Wildman–Crippen LogP) is 6.04. The molecule has 3 aliphatic carbocycles. The van der Waals surface area contributed by atoms with E-state index in [1.807, 2.05) is 6.08 Å². The first-order valence-corrected chi connectivity index (χ1v) is 8.78. The molecule has 0 aromatic heterocycles. The summed E-state index contributed by atoms with van der Waals surface area (Å²) in [4.78, 5) is 0. The van der Waals surface area contributed by atoms with Crippen LogP contribution in [0.1, 0.15) is 53.4 Å². The van der Waals surface area contributed by atoms with Crippen molar-refractivity contribution in [3.05, 3.63) is 58.2 Å². The van der Waals surface area contributed by atoms with Crippen molar-refractivity contribution in [1.82, 2.24) is 0 Å². The van der Waals surface area contributed by atoms with Crippen molar-refractivity contribution in [3.8, 4) is 6.07 Å². The zero-order valence-corrected chi connectivity index (χ0v) is 14.9. The molecule has 1 heteroatoms. The van der Waals surface area contributed by atoms with E-state index >= 15 is 0 Å². The van der Waals surface area contributed by atoms with Gasteiger partial charge >= 0.3 is 0 Å². The molecular formula is C22H27N. The first-order valence-electron chi connectivity index (χ1n) is 8.78. The van der Waals surface area contributed by atoms with E-state index in [4.69, 9.17) is 0 Å². The molecule has 2 unspecified atom stereocenters. The molecule has 0 radical (unpaired) electrons. The van der Waals surface area contributed by atoms with Gasteiger partial charge in [-0.05, 0) is 55.1 Å². The Morgan fingerprint density at radius 3 is 2.57 bits per heavy atom. The molecule has 0 spiro atoms. The number of nitrogens with zero attached hydrogens (tertiary/aromatic N) is 1. The van der Waals surface area contributed by atoms with Gasteiger partial charge in [-0.15, -0.1) is 0 Å². The largest absolute Gasteiger partial charge is 0.193 e. The minimum Gasteiger partial charge on any atom is -0.193 e. The molecule has 3 aliphatic rings. The standard InChI is InChI=1S/C22H27N/c1-6-8-17-19(7-2)22(4,5)12-14(3)20-16-10-9-15(11-16)18(13-23)21(17)20/h6-8,14,21H,2,9-12H2,1,3-5H3/b8-6-. The summed E-state index contributed by atoms with van der Waals surface area (Å²) in [5, 5.41) is 9.90. The number of hydrogen-bond acceptors (Lipinski definition) is 1. The van der Waals surface area contributed by atoms with E-state index in [0.717, 1.165) is 31.3 Å². The van der Waals surface area contributed by atoms with Crippen molar-refractivity contribution >= 4 is 0 Å². The zero-order valence-electron chi connectivity index (χ0n) is 14.9. The van der Waals surface area contributed by atoms with Crippen molar-refractivity contribution in [2.45, 2.75) is 53.4 Å². The molecule has 1 saturated carbocycles. The number of fused-ring (bicyclic) bond motifs is 3. The summed E-state index contributed by atoms with van der Waals surface area (Å²) in [5.41, 5.74) is 8.27. The fourth-order valence-corrected chi connectivity index (χ4v) is 5.17. The highest BCUT2D eigenvalue weighted by atomic mass is 14.5. The third kappa shape index (κ3) is 2.36. The molecule has 0 heterocycles. The summed E-state index contributed by atoms with van der Waals surface area (Å²) < 4.78 is 0. The second kappa shape index (κ2) is 5.68. The lowest BCUT2D eigenvalue weighted by atomic mass is 9.73. The molecule has 0 aromatic rings. The second-order valence-corrected chi connectivity index (χ2v) is 7.86. The lowest BCUT2D eigenvalue weighted by Crippen LogP contribution is -2.19. The van der Waals surface area contributed by atoms with Crippen LogP contribution in [0.4, 0.5) is 0 Å². The number of rotatable bonds is 2. The molecule has 1 fully saturated rings. The molecule has 0 aromatic carbocycles. The zero-order chi connectivity index (χ0) is 16.8. The van der Waals surface area contributed by atoms with Crippen LogP contribution in [-0.4, -0.2) is 0 Å². The summed E-state index contributed by atoms with van der Waals surface area (Å²) in [7, 11) is 0. The Bertz CT molecular complexity index is 716. The third-order valence-electron chi connectivity index (χ3n) is 5.91. The number of allylic oxidation sites excluding steroid dienone is 9. The van der Waals surface area contributed by atoms with Gasteiger partial charge < -0.3 is 0 Å². The van der Waals surface area contributed by atoms with Crippen LogP contribution in [0.5, 0.6) is 0 Å². The van der Waals surface area contributed by atoms with Crippen LogP contribution in [0.2, 0.25) is 0 Å². The van der Waals surface area contributed by atoms with E-state index in [9.17, 15) is 5.26 Å².